The number of rotatable bonds is 8. The predicted molar refractivity (Wildman–Crippen MR) is 111 cm³/mol. The standard InChI is InChI=1S/C21H19N3O4S/c22-19(25)13-29-18-9-2-1-7-16(18)20(26)23-12-14-5-3-6-15(11-14)24-21(27)17-8-4-10-28-17/h1-11H,12-13H2,(H2,22,25)(H,23,26)(H,24,27). The average Bonchev–Trinajstić information content (AvgIpc) is 3.26. The fourth-order valence-corrected chi connectivity index (χ4v) is 3.35. The topological polar surface area (TPSA) is 114 Å². The highest BCUT2D eigenvalue weighted by atomic mass is 32.2. The number of anilines is 1. The lowest BCUT2D eigenvalue weighted by molar-refractivity contribution is -0.115. The van der Waals surface area contributed by atoms with E-state index in [2.05, 4.69) is 10.6 Å². The van der Waals surface area contributed by atoms with Crippen molar-refractivity contribution < 1.29 is 18.8 Å². The van der Waals surface area contributed by atoms with Gasteiger partial charge in [-0.3, -0.25) is 14.4 Å². The molecular formula is C21H19N3O4S. The summed E-state index contributed by atoms with van der Waals surface area (Å²) in [7, 11) is 0. The zero-order valence-electron chi connectivity index (χ0n) is 15.4. The van der Waals surface area contributed by atoms with Crippen molar-refractivity contribution in [3.63, 3.8) is 0 Å². The van der Waals surface area contributed by atoms with Gasteiger partial charge in [0.05, 0.1) is 17.6 Å². The van der Waals surface area contributed by atoms with Gasteiger partial charge in [-0.2, -0.15) is 0 Å². The van der Waals surface area contributed by atoms with Crippen molar-refractivity contribution in [2.24, 2.45) is 5.73 Å². The van der Waals surface area contributed by atoms with Crippen LogP contribution < -0.4 is 16.4 Å². The van der Waals surface area contributed by atoms with E-state index in [1.54, 1.807) is 54.6 Å². The zero-order chi connectivity index (χ0) is 20.6. The molecule has 0 spiro atoms. The Labute approximate surface area is 171 Å². The molecule has 1 aromatic heterocycles. The van der Waals surface area contributed by atoms with Crippen LogP contribution in [0, 0.1) is 0 Å². The molecule has 2 aromatic carbocycles. The Morgan fingerprint density at radius 2 is 1.79 bits per heavy atom. The summed E-state index contributed by atoms with van der Waals surface area (Å²) in [6.07, 6.45) is 1.43. The van der Waals surface area contributed by atoms with E-state index in [1.165, 1.54) is 18.0 Å². The molecule has 3 amide bonds. The smallest absolute Gasteiger partial charge is 0.291 e. The maximum absolute atomic E-state index is 12.6. The lowest BCUT2D eigenvalue weighted by Gasteiger charge is -2.10. The molecule has 0 atom stereocenters. The number of amides is 3. The quantitative estimate of drug-likeness (QED) is 0.495. The van der Waals surface area contributed by atoms with Crippen LogP contribution in [0.5, 0.6) is 0 Å². The van der Waals surface area contributed by atoms with E-state index in [4.69, 9.17) is 10.2 Å². The minimum absolute atomic E-state index is 0.0989. The highest BCUT2D eigenvalue weighted by Crippen LogP contribution is 2.22. The fraction of sp³-hybridized carbons (Fsp3) is 0.0952. The van der Waals surface area contributed by atoms with Gasteiger partial charge in [0.2, 0.25) is 5.91 Å². The summed E-state index contributed by atoms with van der Waals surface area (Å²) in [5.41, 5.74) is 7.07. The SMILES string of the molecule is NC(=O)CSc1ccccc1C(=O)NCc1cccc(NC(=O)c2ccco2)c1. The molecule has 4 N–H and O–H groups in total. The summed E-state index contributed by atoms with van der Waals surface area (Å²) in [4.78, 5) is 36.4. The van der Waals surface area contributed by atoms with Gasteiger partial charge in [-0.25, -0.2) is 0 Å². The van der Waals surface area contributed by atoms with Gasteiger partial charge in [0, 0.05) is 17.1 Å². The average molecular weight is 409 g/mol. The molecule has 0 saturated carbocycles. The van der Waals surface area contributed by atoms with Crippen molar-refractivity contribution in [2.45, 2.75) is 11.4 Å². The summed E-state index contributed by atoms with van der Waals surface area (Å²) in [5, 5.41) is 5.60. The van der Waals surface area contributed by atoms with Crippen LogP contribution in [0.25, 0.3) is 0 Å². The molecule has 0 unspecified atom stereocenters. The zero-order valence-corrected chi connectivity index (χ0v) is 16.2. The van der Waals surface area contributed by atoms with Gasteiger partial charge in [0.1, 0.15) is 0 Å². The Hall–Kier alpha value is -3.52. The van der Waals surface area contributed by atoms with E-state index in [-0.39, 0.29) is 29.9 Å². The first-order chi connectivity index (χ1) is 14.0. The molecule has 3 aromatic rings. The first kappa shape index (κ1) is 20.2. The molecule has 3 rings (SSSR count). The van der Waals surface area contributed by atoms with E-state index in [9.17, 15) is 14.4 Å². The van der Waals surface area contributed by atoms with Crippen LogP contribution in [0.4, 0.5) is 5.69 Å². The maximum Gasteiger partial charge on any atom is 0.291 e. The molecule has 0 fully saturated rings. The Bertz CT molecular complexity index is 1020. The van der Waals surface area contributed by atoms with E-state index in [0.717, 1.165) is 5.56 Å². The van der Waals surface area contributed by atoms with Crippen LogP contribution in [0.15, 0.2) is 76.2 Å². The van der Waals surface area contributed by atoms with Gasteiger partial charge < -0.3 is 20.8 Å². The van der Waals surface area contributed by atoms with Crippen LogP contribution in [0.2, 0.25) is 0 Å². The highest BCUT2D eigenvalue weighted by molar-refractivity contribution is 8.00. The molecule has 7 nitrogen and oxygen atoms in total. The lowest BCUT2D eigenvalue weighted by atomic mass is 10.1. The summed E-state index contributed by atoms with van der Waals surface area (Å²) >= 11 is 1.22. The summed E-state index contributed by atoms with van der Waals surface area (Å²) in [5.74, 6) is -0.742. The molecule has 0 bridgehead atoms. The van der Waals surface area contributed by atoms with Crippen molar-refractivity contribution in [1.29, 1.82) is 0 Å². The maximum atomic E-state index is 12.6. The number of hydrogen-bond acceptors (Lipinski definition) is 5. The third kappa shape index (κ3) is 5.73. The number of furan rings is 1. The van der Waals surface area contributed by atoms with Gasteiger partial charge in [-0.15, -0.1) is 11.8 Å². The molecule has 0 aliphatic rings. The van der Waals surface area contributed by atoms with E-state index < -0.39 is 5.91 Å². The molecular weight excluding hydrogens is 390 g/mol. The van der Waals surface area contributed by atoms with E-state index in [1.807, 2.05) is 6.07 Å². The van der Waals surface area contributed by atoms with Crippen LogP contribution in [0.1, 0.15) is 26.5 Å². The van der Waals surface area contributed by atoms with Gasteiger partial charge in [-0.1, -0.05) is 24.3 Å². The fourth-order valence-electron chi connectivity index (χ4n) is 2.57. The van der Waals surface area contributed by atoms with Crippen molar-refractivity contribution in [1.82, 2.24) is 5.32 Å². The molecule has 0 aliphatic carbocycles. The van der Waals surface area contributed by atoms with Crippen LogP contribution >= 0.6 is 11.8 Å². The van der Waals surface area contributed by atoms with E-state index >= 15 is 0 Å². The summed E-state index contributed by atoms with van der Waals surface area (Å²) in [6, 6.07) is 17.4. The van der Waals surface area contributed by atoms with Crippen molar-refractivity contribution in [2.75, 3.05) is 11.1 Å². The third-order valence-electron chi connectivity index (χ3n) is 3.88. The van der Waals surface area contributed by atoms with Gasteiger partial charge in [0.15, 0.2) is 5.76 Å². The second-order valence-corrected chi connectivity index (χ2v) is 7.08. The minimum atomic E-state index is -0.446. The number of benzene rings is 2. The first-order valence-corrected chi connectivity index (χ1v) is 9.73. The van der Waals surface area contributed by atoms with Gasteiger partial charge in [-0.05, 0) is 42.0 Å². The third-order valence-corrected chi connectivity index (χ3v) is 4.98. The predicted octanol–water partition coefficient (Wildman–Crippen LogP) is 3.04. The largest absolute Gasteiger partial charge is 0.459 e. The second kappa shape index (κ2) is 9.61. The molecule has 8 heteroatoms. The number of nitrogens with two attached hydrogens (primary N) is 1. The minimum Gasteiger partial charge on any atom is -0.459 e. The molecule has 0 aliphatic heterocycles. The molecule has 1 heterocycles. The number of carbonyl (C=O) groups excluding carboxylic acids is 3. The van der Waals surface area contributed by atoms with Crippen LogP contribution in [-0.2, 0) is 11.3 Å². The molecule has 148 valence electrons. The van der Waals surface area contributed by atoms with Crippen molar-refractivity contribution >= 4 is 35.2 Å². The Morgan fingerprint density at radius 1 is 0.966 bits per heavy atom. The monoisotopic (exact) mass is 409 g/mol. The molecule has 0 saturated heterocycles. The Kier molecular flexibility index (Phi) is 6.70. The number of primary amides is 1. The number of thioether (sulfide) groups is 1. The summed E-state index contributed by atoms with van der Waals surface area (Å²) in [6.45, 7) is 0.276. The Morgan fingerprint density at radius 3 is 2.55 bits per heavy atom. The number of carbonyl (C=O) groups is 3. The number of nitrogens with one attached hydrogen (secondary N) is 2. The second-order valence-electron chi connectivity index (χ2n) is 6.07. The Balaban J connectivity index is 1.62. The van der Waals surface area contributed by atoms with Crippen LogP contribution in [-0.4, -0.2) is 23.5 Å². The molecule has 29 heavy (non-hydrogen) atoms. The first-order valence-electron chi connectivity index (χ1n) is 8.75. The van der Waals surface area contributed by atoms with Gasteiger partial charge in [0.25, 0.3) is 11.8 Å². The lowest BCUT2D eigenvalue weighted by Crippen LogP contribution is -2.23. The summed E-state index contributed by atoms with van der Waals surface area (Å²) < 4.78 is 5.07. The van der Waals surface area contributed by atoms with Crippen molar-refractivity contribution in [3.05, 3.63) is 83.8 Å². The highest BCUT2D eigenvalue weighted by Gasteiger charge is 2.13. The molecule has 0 radical (unpaired) electrons. The number of hydrogen-bond donors (Lipinski definition) is 3. The normalized spacial score (nSPS) is 10.3. The van der Waals surface area contributed by atoms with E-state index in [0.29, 0.717) is 16.1 Å². The van der Waals surface area contributed by atoms with Gasteiger partial charge >= 0.3 is 0 Å². The van der Waals surface area contributed by atoms with Crippen molar-refractivity contribution in [3.8, 4) is 0 Å². The van der Waals surface area contributed by atoms with Crippen LogP contribution in [0.3, 0.4) is 0 Å².